The number of carboxylic acid groups (broad SMARTS) is 1. The maximum absolute atomic E-state index is 12.6. The van der Waals surface area contributed by atoms with Gasteiger partial charge in [-0.25, -0.2) is 4.79 Å². The lowest BCUT2D eigenvalue weighted by molar-refractivity contribution is -0.131. The second-order valence-electron chi connectivity index (χ2n) is 5.79. The molecule has 1 aliphatic carbocycles. The van der Waals surface area contributed by atoms with Gasteiger partial charge in [0.05, 0.1) is 0 Å². The summed E-state index contributed by atoms with van der Waals surface area (Å²) in [6.07, 6.45) is 4.99. The zero-order chi connectivity index (χ0) is 15.4. The maximum Gasteiger partial charge on any atom is 0.328 e. The van der Waals surface area contributed by atoms with Crippen LogP contribution in [0, 0.1) is 5.92 Å². The summed E-state index contributed by atoms with van der Waals surface area (Å²) in [5, 5.41) is 8.66. The molecule has 1 aromatic rings. The standard InChI is InChI=1S/C17H21NO3/c1-12(2)18(11-14-6-7-14)17(21)15-5-3-4-13(10-15)8-9-16(19)20/h3-5,8-10,12,14H,6-7,11H2,1-2H3,(H,19,20). The molecule has 0 spiro atoms. The van der Waals surface area contributed by atoms with Crippen LogP contribution in [-0.4, -0.2) is 34.5 Å². The molecular weight excluding hydrogens is 266 g/mol. The minimum absolute atomic E-state index is 0.0162. The van der Waals surface area contributed by atoms with Gasteiger partial charge in [-0.05, 0) is 56.4 Å². The summed E-state index contributed by atoms with van der Waals surface area (Å²) in [6.45, 7) is 4.86. The normalized spacial score (nSPS) is 14.6. The summed E-state index contributed by atoms with van der Waals surface area (Å²) in [7, 11) is 0. The van der Waals surface area contributed by atoms with Crippen molar-refractivity contribution in [2.24, 2.45) is 5.92 Å². The molecule has 1 fully saturated rings. The molecule has 2 rings (SSSR count). The molecule has 0 heterocycles. The molecule has 112 valence electrons. The van der Waals surface area contributed by atoms with E-state index < -0.39 is 5.97 Å². The van der Waals surface area contributed by atoms with Crippen molar-refractivity contribution in [3.05, 3.63) is 41.5 Å². The van der Waals surface area contributed by atoms with Crippen molar-refractivity contribution in [1.29, 1.82) is 0 Å². The van der Waals surface area contributed by atoms with Gasteiger partial charge in [0.15, 0.2) is 0 Å². The molecule has 0 bridgehead atoms. The van der Waals surface area contributed by atoms with Crippen molar-refractivity contribution in [1.82, 2.24) is 4.90 Å². The number of carboxylic acids is 1. The van der Waals surface area contributed by atoms with E-state index in [1.54, 1.807) is 24.3 Å². The van der Waals surface area contributed by atoms with Gasteiger partial charge in [-0.3, -0.25) is 4.79 Å². The Morgan fingerprint density at radius 2 is 2.10 bits per heavy atom. The highest BCUT2D eigenvalue weighted by Crippen LogP contribution is 2.30. The molecule has 1 N–H and O–H groups in total. The fourth-order valence-corrected chi connectivity index (χ4v) is 2.22. The number of amides is 1. The molecular formula is C17H21NO3. The van der Waals surface area contributed by atoms with Gasteiger partial charge in [0.25, 0.3) is 5.91 Å². The Morgan fingerprint density at radius 1 is 1.38 bits per heavy atom. The van der Waals surface area contributed by atoms with E-state index in [2.05, 4.69) is 0 Å². The van der Waals surface area contributed by atoms with Gasteiger partial charge in [-0.2, -0.15) is 0 Å². The van der Waals surface area contributed by atoms with Crippen LogP contribution in [0.2, 0.25) is 0 Å². The van der Waals surface area contributed by atoms with E-state index in [0.717, 1.165) is 18.2 Å². The van der Waals surface area contributed by atoms with Crippen LogP contribution in [-0.2, 0) is 4.79 Å². The van der Waals surface area contributed by atoms with E-state index in [-0.39, 0.29) is 11.9 Å². The van der Waals surface area contributed by atoms with Crippen LogP contribution in [0.5, 0.6) is 0 Å². The van der Waals surface area contributed by atoms with Crippen LogP contribution in [0.3, 0.4) is 0 Å². The molecule has 4 nitrogen and oxygen atoms in total. The highest BCUT2D eigenvalue weighted by molar-refractivity contribution is 5.95. The molecule has 21 heavy (non-hydrogen) atoms. The molecule has 0 atom stereocenters. The van der Waals surface area contributed by atoms with E-state index in [9.17, 15) is 9.59 Å². The Morgan fingerprint density at radius 3 is 2.67 bits per heavy atom. The van der Waals surface area contributed by atoms with Crippen molar-refractivity contribution < 1.29 is 14.7 Å². The zero-order valence-electron chi connectivity index (χ0n) is 12.5. The van der Waals surface area contributed by atoms with Gasteiger partial charge >= 0.3 is 5.97 Å². The Labute approximate surface area is 125 Å². The average molecular weight is 287 g/mol. The summed E-state index contributed by atoms with van der Waals surface area (Å²) < 4.78 is 0. The van der Waals surface area contributed by atoms with Crippen molar-refractivity contribution in [2.45, 2.75) is 32.7 Å². The molecule has 4 heteroatoms. The largest absolute Gasteiger partial charge is 0.478 e. The van der Waals surface area contributed by atoms with E-state index in [0.29, 0.717) is 11.5 Å². The number of nitrogens with zero attached hydrogens (tertiary/aromatic N) is 1. The quantitative estimate of drug-likeness (QED) is 0.818. The second-order valence-corrected chi connectivity index (χ2v) is 5.79. The van der Waals surface area contributed by atoms with E-state index in [1.807, 2.05) is 18.7 Å². The van der Waals surface area contributed by atoms with Gasteiger partial charge < -0.3 is 10.0 Å². The van der Waals surface area contributed by atoms with Crippen LogP contribution in [0.4, 0.5) is 0 Å². The Bertz CT molecular complexity index is 559. The Hall–Kier alpha value is -2.10. The first-order valence-corrected chi connectivity index (χ1v) is 7.29. The summed E-state index contributed by atoms with van der Waals surface area (Å²) in [5.41, 5.74) is 1.33. The third-order valence-corrected chi connectivity index (χ3v) is 3.59. The number of hydrogen-bond acceptors (Lipinski definition) is 2. The van der Waals surface area contributed by atoms with Gasteiger partial charge in [-0.1, -0.05) is 12.1 Å². The fourth-order valence-electron chi connectivity index (χ4n) is 2.22. The maximum atomic E-state index is 12.6. The first-order chi connectivity index (χ1) is 9.97. The van der Waals surface area contributed by atoms with E-state index in [4.69, 9.17) is 5.11 Å². The van der Waals surface area contributed by atoms with Crippen LogP contribution < -0.4 is 0 Å². The lowest BCUT2D eigenvalue weighted by Gasteiger charge is -2.27. The SMILES string of the molecule is CC(C)N(CC1CC1)C(=O)c1cccc(C=CC(=O)O)c1. The first-order valence-electron chi connectivity index (χ1n) is 7.29. The predicted molar refractivity (Wildman–Crippen MR) is 82.0 cm³/mol. The minimum atomic E-state index is -0.996. The first kappa shape index (κ1) is 15.3. The van der Waals surface area contributed by atoms with Crippen LogP contribution in [0.15, 0.2) is 30.3 Å². The summed E-state index contributed by atoms with van der Waals surface area (Å²) in [5.74, 6) is -0.335. The van der Waals surface area contributed by atoms with Crippen LogP contribution >= 0.6 is 0 Å². The number of carbonyl (C=O) groups is 2. The summed E-state index contributed by atoms with van der Waals surface area (Å²) in [6, 6.07) is 7.25. The van der Waals surface area contributed by atoms with Crippen molar-refractivity contribution in [3.8, 4) is 0 Å². The van der Waals surface area contributed by atoms with Gasteiger partial charge in [0.2, 0.25) is 0 Å². The number of carbonyl (C=O) groups excluding carboxylic acids is 1. The predicted octanol–water partition coefficient (Wildman–Crippen LogP) is 3.05. The topological polar surface area (TPSA) is 57.6 Å². The molecule has 1 saturated carbocycles. The van der Waals surface area contributed by atoms with Gasteiger partial charge in [0, 0.05) is 24.2 Å². The molecule has 0 aromatic heterocycles. The monoisotopic (exact) mass is 287 g/mol. The Kier molecular flexibility index (Phi) is 4.78. The van der Waals surface area contributed by atoms with E-state index in [1.165, 1.54) is 18.9 Å². The van der Waals surface area contributed by atoms with Crippen molar-refractivity contribution >= 4 is 18.0 Å². The third kappa shape index (κ3) is 4.45. The van der Waals surface area contributed by atoms with Crippen molar-refractivity contribution in [3.63, 3.8) is 0 Å². The highest BCUT2D eigenvalue weighted by atomic mass is 16.4. The fraction of sp³-hybridized carbons (Fsp3) is 0.412. The zero-order valence-corrected chi connectivity index (χ0v) is 12.5. The lowest BCUT2D eigenvalue weighted by atomic mass is 10.1. The average Bonchev–Trinajstić information content (AvgIpc) is 3.26. The van der Waals surface area contributed by atoms with Gasteiger partial charge in [-0.15, -0.1) is 0 Å². The van der Waals surface area contributed by atoms with Crippen molar-refractivity contribution in [2.75, 3.05) is 6.54 Å². The number of rotatable bonds is 6. The van der Waals surface area contributed by atoms with Gasteiger partial charge in [0.1, 0.15) is 0 Å². The Balaban J connectivity index is 2.16. The van der Waals surface area contributed by atoms with Crippen LogP contribution in [0.25, 0.3) is 6.08 Å². The molecule has 0 saturated heterocycles. The summed E-state index contributed by atoms with van der Waals surface area (Å²) >= 11 is 0. The van der Waals surface area contributed by atoms with E-state index >= 15 is 0 Å². The molecule has 1 amide bonds. The molecule has 0 unspecified atom stereocenters. The summed E-state index contributed by atoms with van der Waals surface area (Å²) in [4.78, 5) is 25.1. The molecule has 0 aliphatic heterocycles. The number of hydrogen-bond donors (Lipinski definition) is 1. The number of benzene rings is 1. The molecule has 1 aromatic carbocycles. The minimum Gasteiger partial charge on any atom is -0.478 e. The third-order valence-electron chi connectivity index (χ3n) is 3.59. The molecule has 0 radical (unpaired) electrons. The second kappa shape index (κ2) is 6.57. The highest BCUT2D eigenvalue weighted by Gasteiger charge is 2.28. The smallest absolute Gasteiger partial charge is 0.328 e. The van der Waals surface area contributed by atoms with Crippen LogP contribution in [0.1, 0.15) is 42.6 Å². The molecule has 1 aliphatic rings. The number of aliphatic carboxylic acids is 1. The lowest BCUT2D eigenvalue weighted by Crippen LogP contribution is -2.38.